The van der Waals surface area contributed by atoms with Gasteiger partial charge in [-0.1, -0.05) is 130 Å². The molecule has 0 amide bonds. The second-order valence-corrected chi connectivity index (χ2v) is 21.7. The van der Waals surface area contributed by atoms with Crippen molar-refractivity contribution in [3.05, 3.63) is 12.7 Å². The third-order valence-corrected chi connectivity index (χ3v) is 15.9. The summed E-state index contributed by atoms with van der Waals surface area (Å²) in [5.41, 5.74) is 6.96. The molecular formula is C32H62N5O4PSi. The first-order chi connectivity index (χ1) is 20.3. The van der Waals surface area contributed by atoms with Gasteiger partial charge in [-0.3, -0.25) is 4.57 Å². The van der Waals surface area contributed by atoms with Crippen LogP contribution in [0, 0.1) is 0 Å². The molecule has 2 atom stereocenters. The van der Waals surface area contributed by atoms with Crippen LogP contribution in [-0.4, -0.2) is 51.5 Å². The smallest absolute Gasteiger partial charge is 0.353 e. The Morgan fingerprint density at radius 2 is 1.40 bits per heavy atom. The van der Waals surface area contributed by atoms with Gasteiger partial charge in [0.2, 0.25) is 0 Å². The van der Waals surface area contributed by atoms with Crippen LogP contribution < -0.4 is 5.73 Å². The third-order valence-electron chi connectivity index (χ3n) is 9.17. The quantitative estimate of drug-likeness (QED) is 0.0661. The summed E-state index contributed by atoms with van der Waals surface area (Å²) in [5, 5.41) is 0.527. The number of ether oxygens (including phenoxy) is 1. The van der Waals surface area contributed by atoms with Gasteiger partial charge in [0.25, 0.3) is 0 Å². The van der Waals surface area contributed by atoms with Crippen molar-refractivity contribution in [2.75, 3.05) is 18.7 Å². The second-order valence-electron chi connectivity index (χ2n) is 14.1. The zero-order chi connectivity index (χ0) is 31.8. The molecule has 248 valence electrons. The minimum Gasteiger partial charge on any atom is -0.382 e. The van der Waals surface area contributed by atoms with Gasteiger partial charge in [-0.25, -0.2) is 15.0 Å². The molecule has 2 aromatic rings. The van der Waals surface area contributed by atoms with Gasteiger partial charge in [0.15, 0.2) is 11.5 Å². The predicted molar refractivity (Wildman–Crippen MR) is 182 cm³/mol. The van der Waals surface area contributed by atoms with E-state index in [4.69, 9.17) is 15.0 Å². The van der Waals surface area contributed by atoms with Gasteiger partial charge in [0.1, 0.15) is 18.2 Å². The van der Waals surface area contributed by atoms with Crippen molar-refractivity contribution < 1.29 is 18.7 Å². The molecule has 0 radical (unpaired) electrons. The highest BCUT2D eigenvalue weighted by molar-refractivity contribution is 7.52. The summed E-state index contributed by atoms with van der Waals surface area (Å²) in [6.45, 7) is 14.9. The first-order valence-corrected chi connectivity index (χ1v) is 21.8. The Morgan fingerprint density at radius 3 is 1.93 bits per heavy atom. The fourth-order valence-electron chi connectivity index (χ4n) is 5.17. The molecule has 0 aliphatic heterocycles. The zero-order valence-electron chi connectivity index (χ0n) is 28.2. The van der Waals surface area contributed by atoms with E-state index in [-0.39, 0.29) is 19.1 Å². The number of nitrogens with two attached hydrogens (primary N) is 1. The molecule has 0 bridgehead atoms. The maximum Gasteiger partial charge on any atom is 0.353 e. The molecule has 1 unspecified atom stereocenters. The van der Waals surface area contributed by atoms with Crippen LogP contribution in [0.3, 0.4) is 0 Å². The maximum absolute atomic E-state index is 12.4. The lowest BCUT2D eigenvalue weighted by Crippen LogP contribution is -2.36. The highest BCUT2D eigenvalue weighted by Crippen LogP contribution is 2.42. The predicted octanol–water partition coefficient (Wildman–Crippen LogP) is 9.33. The molecule has 0 aliphatic carbocycles. The van der Waals surface area contributed by atoms with E-state index in [9.17, 15) is 9.46 Å². The van der Waals surface area contributed by atoms with Gasteiger partial charge >= 0.3 is 7.60 Å². The van der Waals surface area contributed by atoms with E-state index in [1.807, 2.05) is 6.92 Å². The van der Waals surface area contributed by atoms with Crippen molar-refractivity contribution in [1.29, 1.82) is 0 Å². The molecule has 2 aromatic heterocycles. The third kappa shape index (κ3) is 15.0. The van der Waals surface area contributed by atoms with Gasteiger partial charge in [0, 0.05) is 0 Å². The Morgan fingerprint density at radius 1 is 0.884 bits per heavy atom. The molecule has 0 saturated heterocycles. The van der Waals surface area contributed by atoms with Crippen molar-refractivity contribution in [1.82, 2.24) is 19.5 Å². The van der Waals surface area contributed by atoms with Gasteiger partial charge in [0.05, 0.1) is 33.7 Å². The number of rotatable bonds is 24. The molecule has 0 saturated carbocycles. The van der Waals surface area contributed by atoms with Gasteiger partial charge in [-0.15, -0.1) is 0 Å². The van der Waals surface area contributed by atoms with Crippen LogP contribution >= 0.6 is 7.60 Å². The lowest BCUT2D eigenvalue weighted by Gasteiger charge is -2.37. The largest absolute Gasteiger partial charge is 0.382 e. The number of unbranched alkanes of at least 4 members (excludes halogenated alkanes) is 14. The van der Waals surface area contributed by atoms with Crippen LogP contribution in [0.2, 0.25) is 24.2 Å². The number of hydrogen-bond acceptors (Lipinski definition) is 7. The van der Waals surface area contributed by atoms with Crippen LogP contribution in [0.5, 0.6) is 0 Å². The maximum atomic E-state index is 12.4. The summed E-state index contributed by atoms with van der Waals surface area (Å²) >= 11 is 0. The molecule has 0 fully saturated rings. The molecule has 9 nitrogen and oxygen atoms in total. The first-order valence-electron chi connectivity index (χ1n) is 16.8. The Bertz CT molecular complexity index is 1090. The molecule has 0 aromatic carbocycles. The standard InChI is InChI=1S/C32H62N5O4PSi/c1-28(24-37-26-36-29-30(33)34-25-35-31(29)37)40-27-42(38,39)41-22-20-18-16-14-12-10-8-7-9-11-13-15-17-19-21-23-43(5,6)32(2,3)4/h25-26,28H,7-24,27H2,1-6H3,(H,38,39)(H2,33,34,35)/t28-/m1/s1. The fourth-order valence-corrected chi connectivity index (χ4v) is 7.99. The summed E-state index contributed by atoms with van der Waals surface area (Å²) in [7, 11) is -4.86. The summed E-state index contributed by atoms with van der Waals surface area (Å²) in [6.07, 6.45) is 21.7. The summed E-state index contributed by atoms with van der Waals surface area (Å²) < 4.78 is 25.0. The molecule has 0 aliphatic rings. The van der Waals surface area contributed by atoms with E-state index in [0.717, 1.165) is 19.3 Å². The average Bonchev–Trinajstić information content (AvgIpc) is 3.34. The van der Waals surface area contributed by atoms with E-state index in [0.29, 0.717) is 28.6 Å². The first kappa shape index (κ1) is 37.9. The Labute approximate surface area is 262 Å². The molecular weight excluding hydrogens is 577 g/mol. The lowest BCUT2D eigenvalue weighted by molar-refractivity contribution is 0.0715. The SMILES string of the molecule is C[C@H](Cn1cnc2c(N)ncnc21)OCP(=O)(O)OCCCCCCCCCCCCCCCCC[Si](C)(C)C(C)(C)C. The molecule has 0 spiro atoms. The van der Waals surface area contributed by atoms with Crippen molar-refractivity contribution >= 4 is 32.7 Å². The Kier molecular flexibility index (Phi) is 16.9. The number of imidazole rings is 1. The highest BCUT2D eigenvalue weighted by atomic mass is 31.2. The van der Waals surface area contributed by atoms with Crippen molar-refractivity contribution in [3.8, 4) is 0 Å². The van der Waals surface area contributed by atoms with E-state index in [1.165, 1.54) is 89.4 Å². The lowest BCUT2D eigenvalue weighted by atomic mass is 10.0. The summed E-state index contributed by atoms with van der Waals surface area (Å²) in [5.74, 6) is 0.319. The zero-order valence-corrected chi connectivity index (χ0v) is 30.0. The van der Waals surface area contributed by atoms with Crippen molar-refractivity contribution in [3.63, 3.8) is 0 Å². The fraction of sp³-hybridized carbons (Fsp3) is 0.844. The average molecular weight is 640 g/mol. The molecule has 2 rings (SSSR count). The van der Waals surface area contributed by atoms with E-state index < -0.39 is 15.7 Å². The topological polar surface area (TPSA) is 125 Å². The number of nitrogens with zero attached hydrogens (tertiary/aromatic N) is 4. The van der Waals surface area contributed by atoms with Crippen LogP contribution in [0.4, 0.5) is 5.82 Å². The summed E-state index contributed by atoms with van der Waals surface area (Å²) in [4.78, 5) is 22.5. The summed E-state index contributed by atoms with van der Waals surface area (Å²) in [6, 6.07) is 1.48. The van der Waals surface area contributed by atoms with Crippen LogP contribution in [0.1, 0.15) is 124 Å². The van der Waals surface area contributed by atoms with Gasteiger partial charge < -0.3 is 24.5 Å². The number of anilines is 1. The minimum absolute atomic E-state index is 0.282. The monoisotopic (exact) mass is 639 g/mol. The molecule has 11 heteroatoms. The number of hydrogen-bond donors (Lipinski definition) is 2. The van der Waals surface area contributed by atoms with Crippen molar-refractivity contribution in [2.24, 2.45) is 0 Å². The second kappa shape index (κ2) is 19.2. The van der Waals surface area contributed by atoms with Crippen LogP contribution in [-0.2, 0) is 20.4 Å². The van der Waals surface area contributed by atoms with Crippen LogP contribution in [0.25, 0.3) is 11.2 Å². The highest BCUT2D eigenvalue weighted by Gasteiger charge is 2.33. The molecule has 2 heterocycles. The number of fused-ring (bicyclic) bond motifs is 1. The van der Waals surface area contributed by atoms with E-state index in [1.54, 1.807) is 10.9 Å². The normalized spacial score (nSPS) is 14.8. The van der Waals surface area contributed by atoms with Crippen molar-refractivity contribution in [2.45, 2.75) is 161 Å². The van der Waals surface area contributed by atoms with E-state index >= 15 is 0 Å². The van der Waals surface area contributed by atoms with Gasteiger partial charge in [-0.2, -0.15) is 0 Å². The number of aromatic nitrogens is 4. The number of nitrogen functional groups attached to an aromatic ring is 1. The molecule has 43 heavy (non-hydrogen) atoms. The van der Waals surface area contributed by atoms with E-state index in [2.05, 4.69) is 48.8 Å². The Hall–Kier alpha value is -1.32. The van der Waals surface area contributed by atoms with Crippen LogP contribution in [0.15, 0.2) is 12.7 Å². The molecule has 3 N–H and O–H groups in total. The Balaban J connectivity index is 1.37. The van der Waals surface area contributed by atoms with Gasteiger partial charge in [-0.05, 0) is 18.4 Å². The minimum atomic E-state index is -3.79.